The highest BCUT2D eigenvalue weighted by Gasteiger charge is 2.16. The van der Waals surface area contributed by atoms with Crippen molar-refractivity contribution in [2.75, 3.05) is 5.32 Å². The van der Waals surface area contributed by atoms with E-state index in [4.69, 9.17) is 4.74 Å². The van der Waals surface area contributed by atoms with Gasteiger partial charge in [0, 0.05) is 5.56 Å². The molecular formula is C14H9N3O2. The normalized spacial score (nSPS) is 12.0. The zero-order valence-corrected chi connectivity index (χ0v) is 9.83. The van der Waals surface area contributed by atoms with E-state index in [1.165, 1.54) is 0 Å². The van der Waals surface area contributed by atoms with Gasteiger partial charge in [0.25, 0.3) is 0 Å². The van der Waals surface area contributed by atoms with Crippen LogP contribution in [0.5, 0.6) is 11.5 Å². The summed E-state index contributed by atoms with van der Waals surface area (Å²) in [4.78, 5) is 0. The topological polar surface area (TPSA) is 60.2 Å². The third kappa shape index (κ3) is 1.63. The van der Waals surface area contributed by atoms with Gasteiger partial charge in [-0.2, -0.15) is 0 Å². The molecule has 5 heteroatoms. The van der Waals surface area contributed by atoms with Crippen LogP contribution in [-0.4, -0.2) is 10.3 Å². The van der Waals surface area contributed by atoms with E-state index < -0.39 is 0 Å². The van der Waals surface area contributed by atoms with Gasteiger partial charge in [0.1, 0.15) is 5.69 Å². The molecule has 1 aliphatic heterocycles. The third-order valence-electron chi connectivity index (χ3n) is 3.01. The minimum atomic E-state index is 0.698. The molecule has 2 aromatic carbocycles. The van der Waals surface area contributed by atoms with Crippen molar-refractivity contribution < 1.29 is 9.37 Å². The van der Waals surface area contributed by atoms with Gasteiger partial charge >= 0.3 is 0 Å². The standard InChI is InChI=1S/C14H9N3O2/c1-2-4-13-10(3-1)16-11-7-9(5-6-14(11)18-13)12-8-15-19-17-12/h1-8,16H. The number of aromatic nitrogens is 2. The summed E-state index contributed by atoms with van der Waals surface area (Å²) < 4.78 is 10.4. The molecule has 0 aliphatic carbocycles. The molecule has 5 nitrogen and oxygen atoms in total. The predicted octanol–water partition coefficient (Wildman–Crippen LogP) is 3.59. The van der Waals surface area contributed by atoms with Crippen molar-refractivity contribution in [1.29, 1.82) is 0 Å². The Balaban J connectivity index is 1.78. The molecule has 0 fully saturated rings. The minimum absolute atomic E-state index is 0.698. The maximum Gasteiger partial charge on any atom is 0.151 e. The highest BCUT2D eigenvalue weighted by molar-refractivity contribution is 5.79. The SMILES string of the molecule is c1ccc2c(c1)Nc1cc(-c3cnon3)ccc1O2. The lowest BCUT2D eigenvalue weighted by molar-refractivity contribution is 0.308. The van der Waals surface area contributed by atoms with Gasteiger partial charge in [0.2, 0.25) is 0 Å². The number of anilines is 2. The van der Waals surface area contributed by atoms with E-state index in [2.05, 4.69) is 20.3 Å². The number of benzene rings is 2. The molecule has 0 radical (unpaired) electrons. The summed E-state index contributed by atoms with van der Waals surface area (Å²) in [6, 6.07) is 13.6. The van der Waals surface area contributed by atoms with Crippen LogP contribution in [-0.2, 0) is 0 Å². The van der Waals surface area contributed by atoms with Gasteiger partial charge in [-0.05, 0) is 35.5 Å². The third-order valence-corrected chi connectivity index (χ3v) is 3.01. The Morgan fingerprint density at radius 2 is 1.84 bits per heavy atom. The van der Waals surface area contributed by atoms with Gasteiger partial charge in [-0.25, -0.2) is 4.63 Å². The molecular weight excluding hydrogens is 242 g/mol. The average Bonchev–Trinajstić information content (AvgIpc) is 2.98. The van der Waals surface area contributed by atoms with Crippen LogP contribution < -0.4 is 10.1 Å². The Bertz CT molecular complexity index is 738. The maximum absolute atomic E-state index is 5.83. The van der Waals surface area contributed by atoms with Gasteiger partial charge in [-0.1, -0.05) is 17.3 Å². The van der Waals surface area contributed by atoms with Crippen molar-refractivity contribution in [3.05, 3.63) is 48.7 Å². The molecule has 1 N–H and O–H groups in total. The molecule has 19 heavy (non-hydrogen) atoms. The second-order valence-corrected chi connectivity index (χ2v) is 4.23. The molecule has 3 aromatic rings. The molecule has 0 saturated carbocycles. The smallest absolute Gasteiger partial charge is 0.151 e. The van der Waals surface area contributed by atoms with Crippen LogP contribution in [0.3, 0.4) is 0 Å². The molecule has 1 aromatic heterocycles. The molecule has 0 unspecified atom stereocenters. The zero-order chi connectivity index (χ0) is 12.7. The highest BCUT2D eigenvalue weighted by atomic mass is 16.6. The summed E-state index contributed by atoms with van der Waals surface area (Å²) in [6.07, 6.45) is 1.58. The number of para-hydroxylation sites is 2. The Hall–Kier alpha value is -2.82. The van der Waals surface area contributed by atoms with E-state index in [1.807, 2.05) is 42.5 Å². The zero-order valence-electron chi connectivity index (χ0n) is 9.83. The fourth-order valence-corrected chi connectivity index (χ4v) is 2.09. The molecule has 0 amide bonds. The van der Waals surface area contributed by atoms with Crippen LogP contribution >= 0.6 is 0 Å². The van der Waals surface area contributed by atoms with E-state index in [0.29, 0.717) is 5.69 Å². The lowest BCUT2D eigenvalue weighted by atomic mass is 10.1. The summed E-state index contributed by atoms with van der Waals surface area (Å²) in [5.41, 5.74) is 3.48. The second kappa shape index (κ2) is 3.84. The Morgan fingerprint density at radius 3 is 2.74 bits per heavy atom. The first kappa shape index (κ1) is 10.1. The van der Waals surface area contributed by atoms with E-state index in [9.17, 15) is 0 Å². The summed E-state index contributed by atoms with van der Waals surface area (Å²) in [5, 5.41) is 10.8. The first-order chi connectivity index (χ1) is 9.40. The van der Waals surface area contributed by atoms with Gasteiger partial charge < -0.3 is 10.1 Å². The van der Waals surface area contributed by atoms with E-state index in [-0.39, 0.29) is 0 Å². The van der Waals surface area contributed by atoms with Gasteiger partial charge in [-0.15, -0.1) is 0 Å². The molecule has 0 bridgehead atoms. The lowest BCUT2D eigenvalue weighted by Crippen LogP contribution is -2.02. The van der Waals surface area contributed by atoms with Crippen molar-refractivity contribution >= 4 is 11.4 Å². The second-order valence-electron chi connectivity index (χ2n) is 4.23. The number of ether oxygens (including phenoxy) is 1. The Labute approximate surface area is 108 Å². The van der Waals surface area contributed by atoms with E-state index in [1.54, 1.807) is 6.20 Å². The van der Waals surface area contributed by atoms with Crippen molar-refractivity contribution in [3.63, 3.8) is 0 Å². The first-order valence-corrected chi connectivity index (χ1v) is 5.86. The number of rotatable bonds is 1. The number of fused-ring (bicyclic) bond motifs is 2. The van der Waals surface area contributed by atoms with Crippen molar-refractivity contribution in [2.45, 2.75) is 0 Å². The quantitative estimate of drug-likeness (QED) is 0.560. The monoisotopic (exact) mass is 251 g/mol. The van der Waals surface area contributed by atoms with Gasteiger partial charge in [0.15, 0.2) is 11.5 Å². The van der Waals surface area contributed by atoms with Crippen LogP contribution in [0.15, 0.2) is 53.3 Å². The summed E-state index contributed by atoms with van der Waals surface area (Å²) in [7, 11) is 0. The fraction of sp³-hybridized carbons (Fsp3) is 0. The Morgan fingerprint density at radius 1 is 0.947 bits per heavy atom. The molecule has 0 atom stereocenters. The summed E-state index contributed by atoms with van der Waals surface area (Å²) in [5.74, 6) is 1.62. The fourth-order valence-electron chi connectivity index (χ4n) is 2.09. The largest absolute Gasteiger partial charge is 0.453 e. The number of nitrogens with one attached hydrogen (secondary N) is 1. The summed E-state index contributed by atoms with van der Waals surface area (Å²) >= 11 is 0. The minimum Gasteiger partial charge on any atom is -0.453 e. The van der Waals surface area contributed by atoms with Crippen LogP contribution in [0, 0.1) is 0 Å². The van der Waals surface area contributed by atoms with E-state index >= 15 is 0 Å². The average molecular weight is 251 g/mol. The first-order valence-electron chi connectivity index (χ1n) is 5.86. The number of nitrogens with zero attached hydrogens (tertiary/aromatic N) is 2. The van der Waals surface area contributed by atoms with Crippen LogP contribution in [0.25, 0.3) is 11.3 Å². The van der Waals surface area contributed by atoms with Crippen molar-refractivity contribution in [3.8, 4) is 22.8 Å². The molecule has 4 rings (SSSR count). The highest BCUT2D eigenvalue weighted by Crippen LogP contribution is 2.42. The van der Waals surface area contributed by atoms with Crippen LogP contribution in [0.2, 0.25) is 0 Å². The molecule has 2 heterocycles. The maximum atomic E-state index is 5.83. The Kier molecular flexibility index (Phi) is 2.05. The van der Waals surface area contributed by atoms with Gasteiger partial charge in [-0.3, -0.25) is 0 Å². The summed E-state index contributed by atoms with van der Waals surface area (Å²) in [6.45, 7) is 0. The number of hydrogen-bond donors (Lipinski definition) is 1. The molecule has 0 spiro atoms. The van der Waals surface area contributed by atoms with E-state index in [0.717, 1.165) is 28.4 Å². The van der Waals surface area contributed by atoms with Crippen LogP contribution in [0.1, 0.15) is 0 Å². The van der Waals surface area contributed by atoms with Crippen molar-refractivity contribution in [1.82, 2.24) is 10.3 Å². The number of hydrogen-bond acceptors (Lipinski definition) is 5. The lowest BCUT2D eigenvalue weighted by Gasteiger charge is -2.21. The van der Waals surface area contributed by atoms with Crippen LogP contribution in [0.4, 0.5) is 11.4 Å². The molecule has 92 valence electrons. The molecule has 0 saturated heterocycles. The molecule has 1 aliphatic rings. The predicted molar refractivity (Wildman–Crippen MR) is 69.5 cm³/mol. The van der Waals surface area contributed by atoms with Crippen molar-refractivity contribution in [2.24, 2.45) is 0 Å². The van der Waals surface area contributed by atoms with Gasteiger partial charge in [0.05, 0.1) is 17.6 Å².